The second-order valence-corrected chi connectivity index (χ2v) is 7.98. The van der Waals surface area contributed by atoms with E-state index in [1.807, 2.05) is 0 Å². The van der Waals surface area contributed by atoms with Crippen LogP contribution in [0.5, 0.6) is 0 Å². The van der Waals surface area contributed by atoms with Crippen LogP contribution in [0.4, 0.5) is 5.95 Å². The summed E-state index contributed by atoms with van der Waals surface area (Å²) in [6, 6.07) is 0. The molecule has 2 aliphatic rings. The van der Waals surface area contributed by atoms with Crippen molar-refractivity contribution in [2.75, 3.05) is 31.6 Å². The number of anilines is 1. The number of aryl methyl sites for hydroxylation is 1. The van der Waals surface area contributed by atoms with E-state index in [0.717, 1.165) is 25.2 Å². The molecule has 156 valence electrons. The van der Waals surface area contributed by atoms with Crippen LogP contribution in [0.3, 0.4) is 0 Å². The fourth-order valence-electron chi connectivity index (χ4n) is 4.14. The van der Waals surface area contributed by atoms with E-state index in [4.69, 9.17) is 14.2 Å². The molecule has 1 atom stereocenters. The van der Waals surface area contributed by atoms with Crippen molar-refractivity contribution in [1.82, 2.24) is 20.0 Å². The number of aromatic nitrogens is 3. The monoisotopic (exact) mass is 401 g/mol. The number of nitrogens with one attached hydrogen (secondary N) is 1. The number of H-pyrrole nitrogens is 1. The van der Waals surface area contributed by atoms with Gasteiger partial charge in [0.25, 0.3) is 11.5 Å². The third-order valence-corrected chi connectivity index (χ3v) is 5.78. The molecule has 2 aromatic heterocycles. The van der Waals surface area contributed by atoms with Gasteiger partial charge in [-0.15, -0.1) is 0 Å². The van der Waals surface area contributed by atoms with Crippen molar-refractivity contribution < 1.29 is 14.1 Å². The van der Waals surface area contributed by atoms with Crippen LogP contribution in [0.2, 0.25) is 0 Å². The molecule has 0 aliphatic carbocycles. The zero-order valence-corrected chi connectivity index (χ0v) is 17.2. The first-order valence-corrected chi connectivity index (χ1v) is 10.1. The number of nitrogens with zero attached hydrogens (tertiary/aromatic N) is 4. The second kappa shape index (κ2) is 7.98. The van der Waals surface area contributed by atoms with E-state index in [9.17, 15) is 9.59 Å². The van der Waals surface area contributed by atoms with Gasteiger partial charge in [0, 0.05) is 33.2 Å². The lowest BCUT2D eigenvalue weighted by Gasteiger charge is -2.33. The minimum Gasteiger partial charge on any atom is -0.380 e. The number of methoxy groups -OCH3 is 1. The van der Waals surface area contributed by atoms with Gasteiger partial charge in [-0.2, -0.15) is 0 Å². The summed E-state index contributed by atoms with van der Waals surface area (Å²) < 4.78 is 10.3. The Bertz CT molecular complexity index is 966. The summed E-state index contributed by atoms with van der Waals surface area (Å²) in [5, 5.41) is 3.92. The van der Waals surface area contributed by atoms with Crippen LogP contribution in [-0.4, -0.2) is 52.7 Å². The highest BCUT2D eigenvalue weighted by atomic mass is 16.5. The van der Waals surface area contributed by atoms with Crippen molar-refractivity contribution in [2.45, 2.75) is 46.3 Å². The SMILES string of the molecule is COCc1c(C(=O)N2CCc3nc(N4CCC[C@H](C)C4)[nH]c(=O)c3C2)noc1C. The fourth-order valence-corrected chi connectivity index (χ4v) is 4.14. The van der Waals surface area contributed by atoms with E-state index in [1.54, 1.807) is 18.9 Å². The molecule has 0 saturated carbocycles. The first-order valence-electron chi connectivity index (χ1n) is 10.1. The standard InChI is InChI=1S/C20H27N5O4/c1-12-5-4-7-25(9-12)20-21-16-6-8-24(10-14(16)18(26)22-20)19(27)17-15(11-28-3)13(2)29-23-17/h12H,4-11H2,1-3H3,(H,21,22,26)/t12-/m0/s1. The van der Waals surface area contributed by atoms with Gasteiger partial charge in [0.2, 0.25) is 5.95 Å². The lowest BCUT2D eigenvalue weighted by atomic mass is 10.0. The topological polar surface area (TPSA) is 105 Å². The van der Waals surface area contributed by atoms with Crippen LogP contribution < -0.4 is 10.5 Å². The molecule has 1 amide bonds. The molecule has 9 nitrogen and oxygen atoms in total. The maximum atomic E-state index is 13.0. The smallest absolute Gasteiger partial charge is 0.276 e. The molecular weight excluding hydrogens is 374 g/mol. The minimum absolute atomic E-state index is 0.172. The summed E-state index contributed by atoms with van der Waals surface area (Å²) in [5.74, 6) is 1.54. The molecule has 1 fully saturated rings. The summed E-state index contributed by atoms with van der Waals surface area (Å²) in [6.07, 6.45) is 2.85. The number of amides is 1. The van der Waals surface area contributed by atoms with Gasteiger partial charge in [-0.25, -0.2) is 4.98 Å². The summed E-state index contributed by atoms with van der Waals surface area (Å²) in [7, 11) is 1.56. The first-order chi connectivity index (χ1) is 14.0. The molecule has 0 unspecified atom stereocenters. The number of ether oxygens (including phenoxy) is 1. The zero-order valence-electron chi connectivity index (χ0n) is 17.2. The van der Waals surface area contributed by atoms with Crippen LogP contribution >= 0.6 is 0 Å². The van der Waals surface area contributed by atoms with Gasteiger partial charge >= 0.3 is 0 Å². The molecular formula is C20H27N5O4. The molecule has 29 heavy (non-hydrogen) atoms. The zero-order chi connectivity index (χ0) is 20.5. The number of hydrogen-bond acceptors (Lipinski definition) is 7. The number of fused-ring (bicyclic) bond motifs is 1. The summed E-state index contributed by atoms with van der Waals surface area (Å²) >= 11 is 0. The summed E-state index contributed by atoms with van der Waals surface area (Å²) in [5.41, 5.74) is 2.04. The van der Waals surface area contributed by atoms with Crippen molar-refractivity contribution in [3.63, 3.8) is 0 Å². The van der Waals surface area contributed by atoms with Crippen LogP contribution in [0.15, 0.2) is 9.32 Å². The number of carbonyl (C=O) groups excluding carboxylic acids is 1. The van der Waals surface area contributed by atoms with Gasteiger partial charge in [-0.05, 0) is 25.7 Å². The van der Waals surface area contributed by atoms with Crippen molar-refractivity contribution in [3.8, 4) is 0 Å². The first kappa shape index (κ1) is 19.6. The molecule has 0 bridgehead atoms. The van der Waals surface area contributed by atoms with Crippen molar-refractivity contribution in [1.29, 1.82) is 0 Å². The lowest BCUT2D eigenvalue weighted by Crippen LogP contribution is -2.42. The molecule has 9 heteroatoms. The average molecular weight is 401 g/mol. The van der Waals surface area contributed by atoms with Crippen LogP contribution in [0, 0.1) is 12.8 Å². The van der Waals surface area contributed by atoms with E-state index >= 15 is 0 Å². The summed E-state index contributed by atoms with van der Waals surface area (Å²) in [4.78, 5) is 37.2. The predicted octanol–water partition coefficient (Wildman–Crippen LogP) is 1.65. The van der Waals surface area contributed by atoms with Crippen LogP contribution in [0.1, 0.15) is 52.8 Å². The normalized spacial score (nSPS) is 19.3. The minimum atomic E-state index is -0.257. The maximum absolute atomic E-state index is 13.0. The summed E-state index contributed by atoms with van der Waals surface area (Å²) in [6.45, 7) is 6.73. The highest BCUT2D eigenvalue weighted by molar-refractivity contribution is 5.94. The Morgan fingerprint density at radius 2 is 2.21 bits per heavy atom. The lowest BCUT2D eigenvalue weighted by molar-refractivity contribution is 0.0718. The van der Waals surface area contributed by atoms with Gasteiger partial charge in [0.15, 0.2) is 5.69 Å². The van der Waals surface area contributed by atoms with Crippen molar-refractivity contribution >= 4 is 11.9 Å². The van der Waals surface area contributed by atoms with E-state index in [1.165, 1.54) is 6.42 Å². The Labute approximate surface area is 169 Å². The van der Waals surface area contributed by atoms with E-state index in [0.29, 0.717) is 41.7 Å². The van der Waals surface area contributed by atoms with Crippen LogP contribution in [0.25, 0.3) is 0 Å². The Morgan fingerprint density at radius 1 is 1.38 bits per heavy atom. The molecule has 2 aliphatic heterocycles. The number of carbonyl (C=O) groups is 1. The molecule has 1 N–H and O–H groups in total. The molecule has 0 radical (unpaired) electrons. The molecule has 4 rings (SSSR count). The Hall–Kier alpha value is -2.68. The van der Waals surface area contributed by atoms with E-state index in [-0.39, 0.29) is 30.3 Å². The molecule has 0 aromatic carbocycles. The van der Waals surface area contributed by atoms with Gasteiger partial charge in [0.05, 0.1) is 30.0 Å². The quantitative estimate of drug-likeness (QED) is 0.830. The Morgan fingerprint density at radius 3 is 2.97 bits per heavy atom. The van der Waals surface area contributed by atoms with Gasteiger partial charge in [0.1, 0.15) is 5.76 Å². The Kier molecular flexibility index (Phi) is 5.40. The highest BCUT2D eigenvalue weighted by Gasteiger charge is 2.30. The average Bonchev–Trinajstić information content (AvgIpc) is 3.08. The number of hydrogen-bond donors (Lipinski definition) is 1. The maximum Gasteiger partial charge on any atom is 0.276 e. The van der Waals surface area contributed by atoms with E-state index < -0.39 is 0 Å². The molecule has 4 heterocycles. The second-order valence-electron chi connectivity index (χ2n) is 7.98. The van der Waals surface area contributed by atoms with Crippen molar-refractivity contribution in [3.05, 3.63) is 38.6 Å². The van der Waals surface area contributed by atoms with Crippen molar-refractivity contribution in [2.24, 2.45) is 5.92 Å². The van der Waals surface area contributed by atoms with E-state index in [2.05, 4.69) is 22.0 Å². The molecule has 1 saturated heterocycles. The van der Waals surface area contributed by atoms with Gasteiger partial charge in [-0.1, -0.05) is 12.1 Å². The highest BCUT2D eigenvalue weighted by Crippen LogP contribution is 2.23. The third kappa shape index (κ3) is 3.78. The molecule has 0 spiro atoms. The van der Waals surface area contributed by atoms with Gasteiger partial charge < -0.3 is 19.1 Å². The van der Waals surface area contributed by atoms with Crippen LogP contribution in [-0.2, 0) is 24.3 Å². The molecule has 2 aromatic rings. The third-order valence-electron chi connectivity index (χ3n) is 5.78. The Balaban J connectivity index is 1.56. The predicted molar refractivity (Wildman–Crippen MR) is 106 cm³/mol. The number of rotatable bonds is 4. The number of piperidine rings is 1. The fraction of sp³-hybridized carbons (Fsp3) is 0.600. The number of aromatic amines is 1. The van der Waals surface area contributed by atoms with Gasteiger partial charge in [-0.3, -0.25) is 14.6 Å². The largest absolute Gasteiger partial charge is 0.380 e.